The van der Waals surface area contributed by atoms with Crippen molar-refractivity contribution in [3.63, 3.8) is 0 Å². The molecular formula is C16H22FN3O2S. The molecule has 0 spiro atoms. The molecular weight excluding hydrogens is 317 g/mol. The summed E-state index contributed by atoms with van der Waals surface area (Å²) in [7, 11) is -3.41. The van der Waals surface area contributed by atoms with Gasteiger partial charge in [0, 0.05) is 36.2 Å². The summed E-state index contributed by atoms with van der Waals surface area (Å²) in [5.74, 6) is -0.00412. The van der Waals surface area contributed by atoms with E-state index in [-0.39, 0.29) is 17.8 Å². The maximum absolute atomic E-state index is 13.5. The Labute approximate surface area is 136 Å². The lowest BCUT2D eigenvalue weighted by Crippen LogP contribution is -2.46. The van der Waals surface area contributed by atoms with E-state index in [2.05, 4.69) is 9.71 Å². The lowest BCUT2D eigenvalue weighted by molar-refractivity contribution is 0.315. The summed E-state index contributed by atoms with van der Waals surface area (Å²) < 4.78 is 42.0. The number of fused-ring (bicyclic) bond motifs is 1. The summed E-state index contributed by atoms with van der Waals surface area (Å²) in [6.45, 7) is 4.58. The van der Waals surface area contributed by atoms with Crippen LogP contribution in [0.5, 0.6) is 0 Å². The second kappa shape index (κ2) is 6.22. The molecule has 0 saturated carbocycles. The number of nitrogens with zero attached hydrogens (tertiary/aromatic N) is 1. The summed E-state index contributed by atoms with van der Waals surface area (Å²) in [4.78, 5) is 3.17. The first-order valence-electron chi connectivity index (χ1n) is 7.91. The van der Waals surface area contributed by atoms with Crippen molar-refractivity contribution in [2.75, 3.05) is 13.1 Å². The average molecular weight is 339 g/mol. The van der Waals surface area contributed by atoms with Crippen LogP contribution in [0.3, 0.4) is 0 Å². The van der Waals surface area contributed by atoms with Gasteiger partial charge in [0.15, 0.2) is 0 Å². The number of H-pyrrole nitrogens is 1. The molecule has 0 amide bonds. The Bertz CT molecular complexity index is 793. The first-order chi connectivity index (χ1) is 10.9. The molecule has 1 aromatic carbocycles. The fraction of sp³-hybridized carbons (Fsp3) is 0.500. The minimum Gasteiger partial charge on any atom is -0.361 e. The lowest BCUT2D eigenvalue weighted by atomic mass is 9.90. The summed E-state index contributed by atoms with van der Waals surface area (Å²) in [5, 5.41) is 0.895. The van der Waals surface area contributed by atoms with Gasteiger partial charge < -0.3 is 4.98 Å². The molecule has 2 aromatic rings. The standard InChI is InChI=1S/C16H22FN3O2S/c1-11(2)19-23(21,22)20-7-5-12(6-8-20)15-10-18-16-4-3-13(17)9-14(15)16/h3-4,9-12,18-19H,5-8H2,1-2H3. The lowest BCUT2D eigenvalue weighted by Gasteiger charge is -2.31. The molecule has 0 unspecified atom stereocenters. The van der Waals surface area contributed by atoms with E-state index in [9.17, 15) is 12.8 Å². The van der Waals surface area contributed by atoms with Gasteiger partial charge in [-0.3, -0.25) is 0 Å². The number of nitrogens with one attached hydrogen (secondary N) is 2. The molecule has 126 valence electrons. The van der Waals surface area contributed by atoms with E-state index in [4.69, 9.17) is 0 Å². The molecule has 0 radical (unpaired) electrons. The summed E-state index contributed by atoms with van der Waals surface area (Å²) >= 11 is 0. The third kappa shape index (κ3) is 3.41. The van der Waals surface area contributed by atoms with Crippen LogP contribution in [0, 0.1) is 5.82 Å². The molecule has 0 aliphatic carbocycles. The van der Waals surface area contributed by atoms with E-state index in [0.717, 1.165) is 29.3 Å². The maximum Gasteiger partial charge on any atom is 0.279 e. The predicted octanol–water partition coefficient (Wildman–Crippen LogP) is 2.73. The van der Waals surface area contributed by atoms with Crippen LogP contribution in [-0.4, -0.2) is 36.8 Å². The summed E-state index contributed by atoms with van der Waals surface area (Å²) in [5.41, 5.74) is 1.99. The molecule has 3 rings (SSSR count). The van der Waals surface area contributed by atoms with Crippen LogP contribution in [0.15, 0.2) is 24.4 Å². The zero-order valence-corrected chi connectivity index (χ0v) is 14.2. The van der Waals surface area contributed by atoms with Crippen LogP contribution in [-0.2, 0) is 10.2 Å². The molecule has 0 bridgehead atoms. The van der Waals surface area contributed by atoms with Gasteiger partial charge in [-0.1, -0.05) is 0 Å². The minimum atomic E-state index is -3.41. The highest BCUT2D eigenvalue weighted by Crippen LogP contribution is 2.34. The van der Waals surface area contributed by atoms with Crippen LogP contribution in [0.2, 0.25) is 0 Å². The van der Waals surface area contributed by atoms with Crippen LogP contribution in [0.4, 0.5) is 4.39 Å². The topological polar surface area (TPSA) is 65.2 Å². The van der Waals surface area contributed by atoms with E-state index in [1.54, 1.807) is 12.1 Å². The van der Waals surface area contributed by atoms with Crippen molar-refractivity contribution in [3.05, 3.63) is 35.8 Å². The Hall–Kier alpha value is -1.44. The van der Waals surface area contributed by atoms with Crippen LogP contribution in [0.1, 0.15) is 38.2 Å². The highest BCUT2D eigenvalue weighted by molar-refractivity contribution is 7.87. The number of halogens is 1. The summed E-state index contributed by atoms with van der Waals surface area (Å²) in [6.07, 6.45) is 3.40. The smallest absolute Gasteiger partial charge is 0.279 e. The Morgan fingerprint density at radius 1 is 1.30 bits per heavy atom. The molecule has 23 heavy (non-hydrogen) atoms. The van der Waals surface area contributed by atoms with E-state index < -0.39 is 10.2 Å². The molecule has 1 saturated heterocycles. The van der Waals surface area contributed by atoms with Crippen molar-refractivity contribution in [2.24, 2.45) is 0 Å². The van der Waals surface area contributed by atoms with Crippen LogP contribution < -0.4 is 4.72 Å². The van der Waals surface area contributed by atoms with E-state index >= 15 is 0 Å². The van der Waals surface area contributed by atoms with Gasteiger partial charge in [-0.05, 0) is 56.4 Å². The van der Waals surface area contributed by atoms with Gasteiger partial charge in [0.25, 0.3) is 10.2 Å². The molecule has 5 nitrogen and oxygen atoms in total. The van der Waals surface area contributed by atoms with Crippen molar-refractivity contribution < 1.29 is 12.8 Å². The second-order valence-corrected chi connectivity index (χ2v) is 8.09. The maximum atomic E-state index is 13.5. The fourth-order valence-corrected chi connectivity index (χ4v) is 4.67. The third-order valence-electron chi connectivity index (χ3n) is 4.29. The van der Waals surface area contributed by atoms with Crippen LogP contribution >= 0.6 is 0 Å². The first kappa shape index (κ1) is 16.4. The van der Waals surface area contributed by atoms with Gasteiger partial charge in [0.05, 0.1) is 0 Å². The van der Waals surface area contributed by atoms with Crippen LogP contribution in [0.25, 0.3) is 10.9 Å². The largest absolute Gasteiger partial charge is 0.361 e. The van der Waals surface area contributed by atoms with Gasteiger partial charge >= 0.3 is 0 Å². The fourth-order valence-electron chi connectivity index (χ4n) is 3.23. The molecule has 2 heterocycles. The van der Waals surface area contributed by atoms with Gasteiger partial charge in [-0.15, -0.1) is 0 Å². The van der Waals surface area contributed by atoms with Gasteiger partial charge in [-0.2, -0.15) is 17.4 Å². The van der Waals surface area contributed by atoms with Gasteiger partial charge in [0.1, 0.15) is 5.82 Å². The summed E-state index contributed by atoms with van der Waals surface area (Å²) in [6, 6.07) is 4.61. The number of hydrogen-bond acceptors (Lipinski definition) is 2. The molecule has 1 aromatic heterocycles. The molecule has 1 aliphatic heterocycles. The molecule has 0 atom stereocenters. The molecule has 2 N–H and O–H groups in total. The van der Waals surface area contributed by atoms with E-state index in [0.29, 0.717) is 13.1 Å². The number of piperidine rings is 1. The van der Waals surface area contributed by atoms with E-state index in [1.165, 1.54) is 10.4 Å². The van der Waals surface area contributed by atoms with Gasteiger partial charge in [0.2, 0.25) is 0 Å². The monoisotopic (exact) mass is 339 g/mol. The Balaban J connectivity index is 1.75. The molecule has 1 aliphatic rings. The van der Waals surface area contributed by atoms with E-state index in [1.807, 2.05) is 20.0 Å². The average Bonchev–Trinajstić information content (AvgIpc) is 2.89. The Morgan fingerprint density at radius 3 is 2.65 bits per heavy atom. The predicted molar refractivity (Wildman–Crippen MR) is 89.0 cm³/mol. The molecule has 7 heteroatoms. The Morgan fingerprint density at radius 2 is 2.00 bits per heavy atom. The number of aromatic amines is 1. The van der Waals surface area contributed by atoms with Crippen molar-refractivity contribution in [3.8, 4) is 0 Å². The highest BCUT2D eigenvalue weighted by atomic mass is 32.2. The minimum absolute atomic E-state index is 0.116. The molecule has 1 fully saturated rings. The van der Waals surface area contributed by atoms with Crippen molar-refractivity contribution in [2.45, 2.75) is 38.6 Å². The third-order valence-corrected chi connectivity index (χ3v) is 6.11. The normalized spacial score (nSPS) is 18.1. The Kier molecular flexibility index (Phi) is 4.44. The number of rotatable bonds is 4. The number of hydrogen-bond donors (Lipinski definition) is 2. The highest BCUT2D eigenvalue weighted by Gasteiger charge is 2.29. The zero-order chi connectivity index (χ0) is 16.6. The van der Waals surface area contributed by atoms with Crippen molar-refractivity contribution in [1.29, 1.82) is 0 Å². The number of aromatic nitrogens is 1. The SMILES string of the molecule is CC(C)NS(=O)(=O)N1CCC(c2c[nH]c3ccc(F)cc23)CC1. The quantitative estimate of drug-likeness (QED) is 0.899. The second-order valence-electron chi connectivity index (χ2n) is 6.38. The van der Waals surface area contributed by atoms with Crippen molar-refractivity contribution >= 4 is 21.1 Å². The zero-order valence-electron chi connectivity index (χ0n) is 13.3. The van der Waals surface area contributed by atoms with Gasteiger partial charge in [-0.25, -0.2) is 4.39 Å². The first-order valence-corrected chi connectivity index (χ1v) is 9.35. The van der Waals surface area contributed by atoms with Crippen molar-refractivity contribution in [1.82, 2.24) is 14.0 Å². The number of benzene rings is 1.